The van der Waals surface area contributed by atoms with Crippen LogP contribution < -0.4 is 10.1 Å². The maximum atomic E-state index is 14.3. The van der Waals surface area contributed by atoms with Crippen LogP contribution in [-0.4, -0.2) is 28.3 Å². The number of hydrogen-bond acceptors (Lipinski definition) is 5. The summed E-state index contributed by atoms with van der Waals surface area (Å²) >= 11 is 1.51. The van der Waals surface area contributed by atoms with Gasteiger partial charge in [0, 0.05) is 18.2 Å². The molecule has 152 valence electrons. The molecule has 0 fully saturated rings. The average molecular weight is 413 g/mol. The topological polar surface area (TPSA) is 59.4 Å². The summed E-state index contributed by atoms with van der Waals surface area (Å²) in [5.74, 6) is 0.536. The molecule has 0 saturated carbocycles. The Bertz CT molecular complexity index is 870. The van der Waals surface area contributed by atoms with Gasteiger partial charge in [-0.25, -0.2) is 9.37 Å². The molecular weight excluding hydrogens is 387 g/mol. The van der Waals surface area contributed by atoms with Crippen LogP contribution in [0.15, 0.2) is 65.8 Å². The number of allylic oxidation sites excluding steroid dienone is 3. The van der Waals surface area contributed by atoms with Gasteiger partial charge in [-0.3, -0.25) is 4.99 Å². The van der Waals surface area contributed by atoms with Crippen molar-refractivity contribution in [3.05, 3.63) is 72.2 Å². The van der Waals surface area contributed by atoms with Gasteiger partial charge in [-0.1, -0.05) is 73.3 Å². The molecule has 0 amide bonds. The van der Waals surface area contributed by atoms with E-state index in [9.17, 15) is 4.39 Å². The molecule has 0 bridgehead atoms. The van der Waals surface area contributed by atoms with Crippen LogP contribution in [0.25, 0.3) is 0 Å². The van der Waals surface area contributed by atoms with Gasteiger partial charge in [-0.15, -0.1) is 0 Å². The third-order valence-corrected chi connectivity index (χ3v) is 5.12. The Morgan fingerprint density at radius 2 is 2.17 bits per heavy atom. The van der Waals surface area contributed by atoms with Crippen LogP contribution in [0.5, 0.6) is 6.01 Å². The molecule has 1 aliphatic rings. The lowest BCUT2D eigenvalue weighted by atomic mass is 10.0. The molecule has 7 heteroatoms. The van der Waals surface area contributed by atoms with Crippen molar-refractivity contribution in [2.24, 2.45) is 10.9 Å². The van der Waals surface area contributed by atoms with Gasteiger partial charge in [-0.05, 0) is 18.4 Å². The number of thioether (sulfide) groups is 1. The summed E-state index contributed by atoms with van der Waals surface area (Å²) in [5.41, 5.74) is 1.17. The van der Waals surface area contributed by atoms with Gasteiger partial charge in [0.2, 0.25) is 0 Å². The molecule has 5 nitrogen and oxygen atoms in total. The maximum Gasteiger partial charge on any atom is 0.318 e. The van der Waals surface area contributed by atoms with Crippen LogP contribution in [-0.2, 0) is 5.75 Å². The van der Waals surface area contributed by atoms with Gasteiger partial charge in [0.05, 0.1) is 12.8 Å². The summed E-state index contributed by atoms with van der Waals surface area (Å²) in [5, 5.41) is 3.64. The molecule has 3 rings (SSSR count). The number of aromatic nitrogens is 2. The van der Waals surface area contributed by atoms with Crippen LogP contribution in [0.1, 0.15) is 25.3 Å². The quantitative estimate of drug-likeness (QED) is 0.475. The predicted octanol–water partition coefficient (Wildman–Crippen LogP) is 5.24. The third kappa shape index (κ3) is 7.02. The fourth-order valence-corrected chi connectivity index (χ4v) is 3.45. The zero-order chi connectivity index (χ0) is 20.3. The summed E-state index contributed by atoms with van der Waals surface area (Å²) in [6, 6.07) is 10.2. The molecular formula is C22H25FN4OS. The Balaban J connectivity index is 1.64. The van der Waals surface area contributed by atoms with Crippen molar-refractivity contribution >= 4 is 22.7 Å². The highest BCUT2D eigenvalue weighted by Gasteiger charge is 2.13. The number of halogens is 1. The van der Waals surface area contributed by atoms with Gasteiger partial charge in [0.15, 0.2) is 16.8 Å². The maximum absolute atomic E-state index is 14.3. The first-order chi connectivity index (χ1) is 14.2. The van der Waals surface area contributed by atoms with E-state index in [0.717, 1.165) is 24.8 Å². The monoisotopic (exact) mass is 412 g/mol. The summed E-state index contributed by atoms with van der Waals surface area (Å²) in [4.78, 5) is 12.7. The first kappa shape index (κ1) is 21.0. The minimum absolute atomic E-state index is 0.0736. The molecule has 2 aromatic rings. The van der Waals surface area contributed by atoms with Gasteiger partial charge < -0.3 is 10.1 Å². The lowest BCUT2D eigenvalue weighted by Gasteiger charge is -2.14. The predicted molar refractivity (Wildman–Crippen MR) is 118 cm³/mol. The molecule has 0 radical (unpaired) electrons. The number of rotatable bonds is 8. The summed E-state index contributed by atoms with van der Waals surface area (Å²) in [6.45, 7) is 3.16. The Hall–Kier alpha value is -2.67. The molecule has 0 saturated heterocycles. The smallest absolute Gasteiger partial charge is 0.318 e. The van der Waals surface area contributed by atoms with Gasteiger partial charge in [0.1, 0.15) is 0 Å². The van der Waals surface area contributed by atoms with Crippen LogP contribution in [0.3, 0.4) is 0 Å². The Kier molecular flexibility index (Phi) is 8.25. The van der Waals surface area contributed by atoms with Gasteiger partial charge >= 0.3 is 6.01 Å². The highest BCUT2D eigenvalue weighted by atomic mass is 32.2. The van der Waals surface area contributed by atoms with Gasteiger partial charge in [-0.2, -0.15) is 4.98 Å². The molecule has 29 heavy (non-hydrogen) atoms. The van der Waals surface area contributed by atoms with Crippen molar-refractivity contribution in [2.75, 3.05) is 18.5 Å². The van der Waals surface area contributed by atoms with Crippen molar-refractivity contribution in [1.29, 1.82) is 0 Å². The largest absolute Gasteiger partial charge is 0.463 e. The van der Waals surface area contributed by atoms with Crippen molar-refractivity contribution in [1.82, 2.24) is 9.97 Å². The van der Waals surface area contributed by atoms with Crippen molar-refractivity contribution in [2.45, 2.75) is 25.5 Å². The van der Waals surface area contributed by atoms with E-state index in [1.807, 2.05) is 30.4 Å². The van der Waals surface area contributed by atoms with Crippen molar-refractivity contribution < 1.29 is 9.13 Å². The number of anilines is 1. The normalized spacial score (nSPS) is 16.1. The SMILES string of the molecule is CCC/N=C(/Nc1nc(OCC2C=CC=CC2)ncc1F)SCc1ccccc1. The fourth-order valence-electron chi connectivity index (χ4n) is 2.61. The van der Waals surface area contributed by atoms with Crippen LogP contribution in [0.2, 0.25) is 0 Å². The molecule has 1 heterocycles. The van der Waals surface area contributed by atoms with E-state index in [1.54, 1.807) is 0 Å². The van der Waals surface area contributed by atoms with Crippen molar-refractivity contribution in [3.8, 4) is 6.01 Å². The second-order valence-electron chi connectivity index (χ2n) is 6.56. The zero-order valence-electron chi connectivity index (χ0n) is 16.4. The third-order valence-electron chi connectivity index (χ3n) is 4.14. The lowest BCUT2D eigenvalue weighted by Crippen LogP contribution is -2.15. The lowest BCUT2D eigenvalue weighted by molar-refractivity contribution is 0.254. The molecule has 1 aliphatic carbocycles. The molecule has 0 spiro atoms. The summed E-state index contributed by atoms with van der Waals surface area (Å²) < 4.78 is 20.0. The molecule has 0 aliphatic heterocycles. The number of amidine groups is 1. The van der Waals surface area contributed by atoms with Crippen LogP contribution >= 0.6 is 11.8 Å². The molecule has 1 aromatic carbocycles. The Morgan fingerprint density at radius 1 is 1.31 bits per heavy atom. The number of hydrogen-bond donors (Lipinski definition) is 1. The van der Waals surface area contributed by atoms with E-state index >= 15 is 0 Å². The van der Waals surface area contributed by atoms with Crippen LogP contribution in [0.4, 0.5) is 10.2 Å². The molecule has 1 unspecified atom stereocenters. The minimum atomic E-state index is -0.539. The van der Waals surface area contributed by atoms with E-state index < -0.39 is 5.82 Å². The van der Waals surface area contributed by atoms with Crippen molar-refractivity contribution in [3.63, 3.8) is 0 Å². The van der Waals surface area contributed by atoms with E-state index in [1.165, 1.54) is 17.3 Å². The van der Waals surface area contributed by atoms with E-state index in [4.69, 9.17) is 4.74 Å². The fraction of sp³-hybridized carbons (Fsp3) is 0.318. The summed E-state index contributed by atoms with van der Waals surface area (Å²) in [6.07, 6.45) is 11.1. The van der Waals surface area contributed by atoms with E-state index in [-0.39, 0.29) is 17.7 Å². The number of ether oxygens (including phenoxy) is 1. The summed E-state index contributed by atoms with van der Waals surface area (Å²) in [7, 11) is 0. The second-order valence-corrected chi connectivity index (χ2v) is 7.52. The molecule has 1 atom stereocenters. The number of aliphatic imine (C=N–C) groups is 1. The standard InChI is InChI=1S/C22H25FN4OS/c1-2-13-24-22(29-16-18-11-7-4-8-12-18)27-20-19(23)14-25-21(26-20)28-15-17-9-5-3-6-10-17/h3-9,11-12,14,17H,2,10,13,15-16H2,1H3,(H,24,25,26,27). The zero-order valence-corrected chi connectivity index (χ0v) is 17.2. The first-order valence-electron chi connectivity index (χ1n) is 9.71. The van der Waals surface area contributed by atoms with Crippen LogP contribution in [0, 0.1) is 11.7 Å². The highest BCUT2D eigenvalue weighted by Crippen LogP contribution is 2.20. The Labute approximate surface area is 175 Å². The number of nitrogens with zero attached hydrogens (tertiary/aromatic N) is 3. The molecule has 1 aromatic heterocycles. The first-order valence-corrected chi connectivity index (χ1v) is 10.7. The van der Waals surface area contributed by atoms with E-state index in [2.05, 4.69) is 51.5 Å². The van der Waals surface area contributed by atoms with Gasteiger partial charge in [0.25, 0.3) is 0 Å². The number of nitrogens with one attached hydrogen (secondary N) is 1. The second kappa shape index (κ2) is 11.4. The number of benzene rings is 1. The molecule has 1 N–H and O–H groups in total. The highest BCUT2D eigenvalue weighted by molar-refractivity contribution is 8.13. The minimum Gasteiger partial charge on any atom is -0.463 e. The van der Waals surface area contributed by atoms with E-state index in [0.29, 0.717) is 18.3 Å². The Morgan fingerprint density at radius 3 is 2.93 bits per heavy atom. The average Bonchev–Trinajstić information content (AvgIpc) is 2.77.